The molecule has 2 heterocycles. The topological polar surface area (TPSA) is 68.0 Å². The third-order valence-corrected chi connectivity index (χ3v) is 4.71. The molecule has 1 N–H and O–H groups in total. The van der Waals surface area contributed by atoms with Crippen molar-refractivity contribution in [3.8, 4) is 11.1 Å². The van der Waals surface area contributed by atoms with Gasteiger partial charge in [-0.3, -0.25) is 4.98 Å². The zero-order valence-corrected chi connectivity index (χ0v) is 15.9. The smallest absolute Gasteiger partial charge is 0.336 e. The summed E-state index contributed by atoms with van der Waals surface area (Å²) in [6.45, 7) is 0.536. The lowest BCUT2D eigenvalue weighted by molar-refractivity contribution is 0.0697. The largest absolute Gasteiger partial charge is 0.478 e. The molecule has 0 amide bonds. The number of aromatic carboxylic acids is 1. The minimum absolute atomic E-state index is 0.207. The van der Waals surface area contributed by atoms with Gasteiger partial charge in [-0.15, -0.1) is 0 Å². The van der Waals surface area contributed by atoms with Gasteiger partial charge in [0.2, 0.25) is 0 Å². The van der Waals surface area contributed by atoms with Gasteiger partial charge in [0.25, 0.3) is 0 Å². The van der Waals surface area contributed by atoms with E-state index in [1.54, 1.807) is 55.2 Å². The molecule has 0 atom stereocenters. The Labute approximate surface area is 172 Å². The number of hydrogen-bond donors (Lipinski definition) is 1. The van der Waals surface area contributed by atoms with Crippen LogP contribution in [0.15, 0.2) is 85.7 Å². The van der Waals surface area contributed by atoms with Crippen molar-refractivity contribution in [3.63, 3.8) is 0 Å². The summed E-state index contributed by atoms with van der Waals surface area (Å²) in [6.07, 6.45) is 10.5. The number of carboxylic acid groups (broad SMARTS) is 1. The van der Waals surface area contributed by atoms with Crippen LogP contribution in [0.25, 0.3) is 22.8 Å². The number of rotatable bonds is 6. The maximum absolute atomic E-state index is 13.4. The van der Waals surface area contributed by atoms with Gasteiger partial charge in [-0.25, -0.2) is 14.2 Å². The summed E-state index contributed by atoms with van der Waals surface area (Å²) in [5, 5.41) is 9.59. The minimum atomic E-state index is -0.999. The number of aromatic nitrogens is 3. The van der Waals surface area contributed by atoms with Crippen molar-refractivity contribution in [1.82, 2.24) is 14.5 Å². The molecule has 6 heteroatoms. The number of allylic oxidation sites excluding steroid dienone is 1. The first-order chi connectivity index (χ1) is 14.6. The highest BCUT2D eigenvalue weighted by Gasteiger charge is 2.13. The van der Waals surface area contributed by atoms with Crippen molar-refractivity contribution < 1.29 is 14.3 Å². The van der Waals surface area contributed by atoms with Crippen LogP contribution in [0, 0.1) is 5.82 Å². The van der Waals surface area contributed by atoms with Crippen molar-refractivity contribution in [1.29, 1.82) is 0 Å². The molecule has 4 aromatic rings. The summed E-state index contributed by atoms with van der Waals surface area (Å²) in [5.41, 5.74) is 4.16. The molecule has 5 nitrogen and oxygen atoms in total. The Balaban J connectivity index is 1.81. The average molecular weight is 399 g/mol. The highest BCUT2D eigenvalue weighted by atomic mass is 19.1. The predicted octanol–water partition coefficient (Wildman–Crippen LogP) is 5.02. The zero-order valence-electron chi connectivity index (χ0n) is 15.9. The first kappa shape index (κ1) is 19.3. The van der Waals surface area contributed by atoms with E-state index in [4.69, 9.17) is 0 Å². The van der Waals surface area contributed by atoms with Crippen LogP contribution < -0.4 is 0 Å². The number of carbonyl (C=O) groups is 1. The van der Waals surface area contributed by atoms with Gasteiger partial charge in [0.1, 0.15) is 5.82 Å². The number of nitrogens with zero attached hydrogens (tertiary/aromatic N) is 3. The Hall–Kier alpha value is -4.06. The van der Waals surface area contributed by atoms with Gasteiger partial charge in [-0.2, -0.15) is 0 Å². The van der Waals surface area contributed by atoms with Crippen LogP contribution in [-0.4, -0.2) is 25.6 Å². The first-order valence-corrected chi connectivity index (χ1v) is 9.30. The summed E-state index contributed by atoms with van der Waals surface area (Å²) >= 11 is 0. The van der Waals surface area contributed by atoms with E-state index in [-0.39, 0.29) is 11.4 Å². The van der Waals surface area contributed by atoms with Gasteiger partial charge in [-0.05, 0) is 58.7 Å². The molecule has 2 aromatic heterocycles. The third-order valence-electron chi connectivity index (χ3n) is 4.71. The highest BCUT2D eigenvalue weighted by Crippen LogP contribution is 2.27. The van der Waals surface area contributed by atoms with Crippen LogP contribution in [0.1, 0.15) is 21.5 Å². The molecule has 0 aliphatic rings. The lowest BCUT2D eigenvalue weighted by Gasteiger charge is -2.11. The molecular formula is C24H18FN3O2. The van der Waals surface area contributed by atoms with E-state index in [0.29, 0.717) is 12.1 Å². The van der Waals surface area contributed by atoms with E-state index >= 15 is 0 Å². The first-order valence-electron chi connectivity index (χ1n) is 9.30. The second kappa shape index (κ2) is 8.53. The van der Waals surface area contributed by atoms with Crippen molar-refractivity contribution in [2.75, 3.05) is 0 Å². The van der Waals surface area contributed by atoms with Gasteiger partial charge >= 0.3 is 5.97 Å². The van der Waals surface area contributed by atoms with Crippen molar-refractivity contribution in [3.05, 3.63) is 108 Å². The minimum Gasteiger partial charge on any atom is -0.478 e. The zero-order chi connectivity index (χ0) is 20.9. The Morgan fingerprint density at radius 1 is 1.07 bits per heavy atom. The van der Waals surface area contributed by atoms with Crippen LogP contribution in [-0.2, 0) is 6.54 Å². The molecule has 0 radical (unpaired) electrons. The Morgan fingerprint density at radius 3 is 2.57 bits per heavy atom. The van der Waals surface area contributed by atoms with Crippen LogP contribution in [0.3, 0.4) is 0 Å². The molecule has 0 spiro atoms. The predicted molar refractivity (Wildman–Crippen MR) is 113 cm³/mol. The van der Waals surface area contributed by atoms with E-state index in [0.717, 1.165) is 22.3 Å². The van der Waals surface area contributed by atoms with Crippen molar-refractivity contribution in [2.45, 2.75) is 6.54 Å². The van der Waals surface area contributed by atoms with E-state index < -0.39 is 5.97 Å². The molecule has 0 aliphatic carbocycles. The molecule has 0 saturated heterocycles. The monoisotopic (exact) mass is 399 g/mol. The second-order valence-corrected chi connectivity index (χ2v) is 6.76. The van der Waals surface area contributed by atoms with E-state index in [2.05, 4.69) is 9.97 Å². The maximum Gasteiger partial charge on any atom is 0.336 e. The Bertz CT molecular complexity index is 1190. The van der Waals surface area contributed by atoms with E-state index in [1.807, 2.05) is 29.0 Å². The molecule has 0 unspecified atom stereocenters. The molecular weight excluding hydrogens is 381 g/mol. The molecule has 0 fully saturated rings. The lowest BCUT2D eigenvalue weighted by atomic mass is 9.96. The number of imidazole rings is 1. The van der Waals surface area contributed by atoms with Gasteiger partial charge < -0.3 is 9.67 Å². The molecule has 148 valence electrons. The Morgan fingerprint density at radius 2 is 1.90 bits per heavy atom. The molecule has 0 aliphatic heterocycles. The SMILES string of the molecule is O=C(O)c1ccc(/C=C(/Cn2ccnc2)c2ccc(F)cc2)cc1-c1cccnc1. The maximum atomic E-state index is 13.4. The summed E-state index contributed by atoms with van der Waals surface area (Å²) in [6, 6.07) is 15.1. The average Bonchev–Trinajstić information content (AvgIpc) is 3.27. The van der Waals surface area contributed by atoms with E-state index in [1.165, 1.54) is 12.1 Å². The summed E-state index contributed by atoms with van der Waals surface area (Å²) in [4.78, 5) is 19.9. The van der Waals surface area contributed by atoms with Gasteiger partial charge in [0.05, 0.1) is 11.9 Å². The summed E-state index contributed by atoms with van der Waals surface area (Å²) in [7, 11) is 0. The fourth-order valence-corrected chi connectivity index (χ4v) is 3.26. The fraction of sp³-hybridized carbons (Fsp3) is 0.0417. The molecule has 2 aromatic carbocycles. The summed E-state index contributed by atoms with van der Waals surface area (Å²) in [5.74, 6) is -1.30. The van der Waals surface area contributed by atoms with Crippen molar-refractivity contribution in [2.24, 2.45) is 0 Å². The quantitative estimate of drug-likeness (QED) is 0.462. The number of pyridine rings is 1. The highest BCUT2D eigenvalue weighted by molar-refractivity contribution is 5.97. The normalized spacial score (nSPS) is 11.4. The van der Waals surface area contributed by atoms with Crippen LogP contribution in [0.4, 0.5) is 4.39 Å². The van der Waals surface area contributed by atoms with Gasteiger partial charge in [0.15, 0.2) is 0 Å². The van der Waals surface area contributed by atoms with Crippen LogP contribution in [0.5, 0.6) is 0 Å². The molecule has 4 rings (SSSR count). The summed E-state index contributed by atoms with van der Waals surface area (Å²) < 4.78 is 15.3. The molecule has 30 heavy (non-hydrogen) atoms. The van der Waals surface area contributed by atoms with Gasteiger partial charge in [0, 0.05) is 36.9 Å². The number of halogens is 1. The Kier molecular flexibility index (Phi) is 5.48. The second-order valence-electron chi connectivity index (χ2n) is 6.76. The van der Waals surface area contributed by atoms with Crippen LogP contribution >= 0.6 is 0 Å². The fourth-order valence-electron chi connectivity index (χ4n) is 3.26. The van der Waals surface area contributed by atoms with Gasteiger partial charge in [-0.1, -0.05) is 24.3 Å². The number of benzene rings is 2. The van der Waals surface area contributed by atoms with Crippen LogP contribution in [0.2, 0.25) is 0 Å². The standard InChI is InChI=1S/C24H18FN3O2/c25-21-6-4-18(5-7-21)20(15-28-11-10-27-16-28)12-17-3-8-22(24(29)30)23(13-17)19-2-1-9-26-14-19/h1-14,16H,15H2,(H,29,30)/b20-12-. The third kappa shape index (κ3) is 4.33. The number of hydrogen-bond acceptors (Lipinski definition) is 3. The molecule has 0 bridgehead atoms. The number of carboxylic acids is 1. The molecule has 0 saturated carbocycles. The lowest BCUT2D eigenvalue weighted by Crippen LogP contribution is -2.01. The van der Waals surface area contributed by atoms with Crippen molar-refractivity contribution >= 4 is 17.6 Å². The van der Waals surface area contributed by atoms with E-state index in [9.17, 15) is 14.3 Å².